The predicted octanol–water partition coefficient (Wildman–Crippen LogP) is 2.04. The van der Waals surface area contributed by atoms with Crippen LogP contribution >= 0.6 is 0 Å². The highest BCUT2D eigenvalue weighted by atomic mass is 16.2. The van der Waals surface area contributed by atoms with Gasteiger partial charge in [-0.2, -0.15) is 10.1 Å². The van der Waals surface area contributed by atoms with E-state index in [1.165, 1.54) is 4.80 Å². The maximum Gasteiger partial charge on any atom is 0.248 e. The molecule has 0 radical (unpaired) electrons. The van der Waals surface area contributed by atoms with Crippen molar-refractivity contribution in [2.45, 2.75) is 13.0 Å². The molecule has 1 aromatic heterocycles. The number of carbonyl (C=O) groups excluding carboxylic acids is 1. The van der Waals surface area contributed by atoms with Crippen molar-refractivity contribution in [1.29, 1.82) is 5.26 Å². The van der Waals surface area contributed by atoms with Gasteiger partial charge >= 0.3 is 0 Å². The largest absolute Gasteiger partial charge is 0.324 e. The van der Waals surface area contributed by atoms with E-state index in [1.807, 2.05) is 30.3 Å². The number of hydrogen-bond acceptors (Lipinski definition) is 5. The van der Waals surface area contributed by atoms with Crippen LogP contribution in [0.15, 0.2) is 54.6 Å². The summed E-state index contributed by atoms with van der Waals surface area (Å²) in [6.07, 6.45) is 0.347. The molecule has 0 unspecified atom stereocenters. The van der Waals surface area contributed by atoms with Gasteiger partial charge < -0.3 is 5.32 Å². The molecular weight excluding hydrogens is 304 g/mol. The highest BCUT2D eigenvalue weighted by Crippen LogP contribution is 2.12. The Bertz CT molecular complexity index is 864. The molecule has 24 heavy (non-hydrogen) atoms. The Morgan fingerprint density at radius 3 is 2.58 bits per heavy atom. The average Bonchev–Trinajstić information content (AvgIpc) is 3.06. The van der Waals surface area contributed by atoms with Crippen molar-refractivity contribution < 1.29 is 4.79 Å². The summed E-state index contributed by atoms with van der Waals surface area (Å²) in [5, 5.41) is 23.4. The van der Waals surface area contributed by atoms with Gasteiger partial charge in [0.05, 0.1) is 12.5 Å². The molecule has 0 saturated heterocycles. The number of nitrogens with one attached hydrogen (secondary N) is 1. The van der Waals surface area contributed by atoms with Crippen molar-refractivity contribution in [3.05, 3.63) is 60.2 Å². The van der Waals surface area contributed by atoms with E-state index in [0.29, 0.717) is 17.9 Å². The third kappa shape index (κ3) is 3.81. The number of tetrazole rings is 1. The molecule has 1 amide bonds. The van der Waals surface area contributed by atoms with Gasteiger partial charge in [-0.15, -0.1) is 10.2 Å². The van der Waals surface area contributed by atoms with Crippen LogP contribution in [0.25, 0.3) is 11.4 Å². The molecule has 3 rings (SSSR count). The Morgan fingerprint density at radius 2 is 1.88 bits per heavy atom. The molecule has 2 aromatic carbocycles. The minimum absolute atomic E-state index is 0.0280. The molecule has 118 valence electrons. The number of rotatable bonds is 5. The van der Waals surface area contributed by atoms with Crippen LogP contribution in [-0.2, 0) is 17.8 Å². The van der Waals surface area contributed by atoms with Crippen LogP contribution in [0.4, 0.5) is 5.69 Å². The number of nitriles is 1. The first-order valence-electron chi connectivity index (χ1n) is 7.33. The molecule has 0 saturated carbocycles. The average molecular weight is 318 g/mol. The van der Waals surface area contributed by atoms with Gasteiger partial charge in [-0.1, -0.05) is 42.5 Å². The highest BCUT2D eigenvalue weighted by Gasteiger charge is 2.09. The molecule has 0 aliphatic heterocycles. The van der Waals surface area contributed by atoms with Gasteiger partial charge in [0.15, 0.2) is 0 Å². The molecule has 7 heteroatoms. The van der Waals surface area contributed by atoms with Gasteiger partial charge in [-0.25, -0.2) is 0 Å². The molecule has 1 N–H and O–H groups in total. The number of anilines is 1. The van der Waals surface area contributed by atoms with Crippen LogP contribution in [0.1, 0.15) is 5.56 Å². The standard InChI is InChI=1S/C17H14N6O/c18-11-10-13-6-8-15(9-7-13)19-16(24)12-23-21-17(20-22-23)14-4-2-1-3-5-14/h1-9H,10,12H2,(H,19,24). The lowest BCUT2D eigenvalue weighted by Crippen LogP contribution is -2.20. The van der Waals surface area contributed by atoms with E-state index < -0.39 is 0 Å². The summed E-state index contributed by atoms with van der Waals surface area (Å²) in [7, 11) is 0. The van der Waals surface area contributed by atoms with E-state index in [9.17, 15) is 4.79 Å². The molecule has 0 aliphatic carbocycles. The van der Waals surface area contributed by atoms with E-state index in [2.05, 4.69) is 26.8 Å². The molecular formula is C17H14N6O. The van der Waals surface area contributed by atoms with Crippen molar-refractivity contribution in [3.63, 3.8) is 0 Å². The van der Waals surface area contributed by atoms with Crippen molar-refractivity contribution in [3.8, 4) is 17.5 Å². The molecule has 0 fully saturated rings. The summed E-state index contributed by atoms with van der Waals surface area (Å²) in [4.78, 5) is 13.3. The number of hydrogen-bond donors (Lipinski definition) is 1. The number of amides is 1. The molecule has 3 aromatic rings. The third-order valence-electron chi connectivity index (χ3n) is 3.29. The fourth-order valence-electron chi connectivity index (χ4n) is 2.14. The first kappa shape index (κ1) is 15.4. The van der Waals surface area contributed by atoms with Gasteiger partial charge in [0.2, 0.25) is 11.7 Å². The minimum Gasteiger partial charge on any atom is -0.324 e. The van der Waals surface area contributed by atoms with Gasteiger partial charge in [0.25, 0.3) is 0 Å². The van der Waals surface area contributed by atoms with Gasteiger partial charge in [-0.3, -0.25) is 4.79 Å². The van der Waals surface area contributed by atoms with Crippen molar-refractivity contribution in [1.82, 2.24) is 20.2 Å². The molecule has 0 aliphatic rings. The second-order valence-electron chi connectivity index (χ2n) is 5.09. The van der Waals surface area contributed by atoms with E-state index in [-0.39, 0.29) is 12.5 Å². The fourth-order valence-corrected chi connectivity index (χ4v) is 2.14. The molecule has 0 bridgehead atoms. The van der Waals surface area contributed by atoms with Gasteiger partial charge in [0.1, 0.15) is 6.54 Å². The Morgan fingerprint density at radius 1 is 1.12 bits per heavy atom. The second-order valence-corrected chi connectivity index (χ2v) is 5.09. The van der Waals surface area contributed by atoms with Gasteiger partial charge in [0, 0.05) is 11.3 Å². The summed E-state index contributed by atoms with van der Waals surface area (Å²) in [5.74, 6) is 0.226. The lowest BCUT2D eigenvalue weighted by atomic mass is 10.1. The molecule has 0 atom stereocenters. The SMILES string of the molecule is N#CCc1ccc(NC(=O)Cn2nnc(-c3ccccc3)n2)cc1. The minimum atomic E-state index is -0.250. The van der Waals surface area contributed by atoms with Crippen LogP contribution in [0.3, 0.4) is 0 Å². The van der Waals surface area contributed by atoms with Crippen molar-refractivity contribution in [2.24, 2.45) is 0 Å². The van der Waals surface area contributed by atoms with E-state index in [0.717, 1.165) is 11.1 Å². The Kier molecular flexibility index (Phi) is 4.58. The first-order chi connectivity index (χ1) is 11.7. The Hall–Kier alpha value is -3.53. The lowest BCUT2D eigenvalue weighted by Gasteiger charge is -2.04. The van der Waals surface area contributed by atoms with Crippen LogP contribution in [-0.4, -0.2) is 26.1 Å². The quantitative estimate of drug-likeness (QED) is 0.776. The topological polar surface area (TPSA) is 96.5 Å². The Balaban J connectivity index is 1.61. The zero-order chi connectivity index (χ0) is 16.8. The van der Waals surface area contributed by atoms with Gasteiger partial charge in [-0.05, 0) is 22.9 Å². The van der Waals surface area contributed by atoms with Crippen LogP contribution < -0.4 is 5.32 Å². The first-order valence-corrected chi connectivity index (χ1v) is 7.33. The normalized spacial score (nSPS) is 10.1. The van der Waals surface area contributed by atoms with E-state index in [4.69, 9.17) is 5.26 Å². The maximum absolute atomic E-state index is 12.0. The number of nitrogens with zero attached hydrogens (tertiary/aromatic N) is 5. The van der Waals surface area contributed by atoms with E-state index in [1.54, 1.807) is 24.3 Å². The van der Waals surface area contributed by atoms with Crippen molar-refractivity contribution in [2.75, 3.05) is 5.32 Å². The lowest BCUT2D eigenvalue weighted by molar-refractivity contribution is -0.117. The van der Waals surface area contributed by atoms with Crippen molar-refractivity contribution >= 4 is 11.6 Å². The fraction of sp³-hybridized carbons (Fsp3) is 0.118. The smallest absolute Gasteiger partial charge is 0.248 e. The maximum atomic E-state index is 12.0. The Labute approximate surface area is 138 Å². The van der Waals surface area contributed by atoms with E-state index >= 15 is 0 Å². The summed E-state index contributed by atoms with van der Waals surface area (Å²) in [6.45, 7) is -0.0280. The van der Waals surface area contributed by atoms with Crippen LogP contribution in [0, 0.1) is 11.3 Å². The summed E-state index contributed by atoms with van der Waals surface area (Å²) in [5.41, 5.74) is 2.41. The molecule has 0 spiro atoms. The summed E-state index contributed by atoms with van der Waals surface area (Å²) < 4.78 is 0. The molecule has 1 heterocycles. The zero-order valence-electron chi connectivity index (χ0n) is 12.8. The third-order valence-corrected chi connectivity index (χ3v) is 3.29. The summed E-state index contributed by atoms with van der Waals surface area (Å²) >= 11 is 0. The highest BCUT2D eigenvalue weighted by molar-refractivity contribution is 5.90. The number of carbonyl (C=O) groups is 1. The second kappa shape index (κ2) is 7.15. The monoisotopic (exact) mass is 318 g/mol. The van der Waals surface area contributed by atoms with Crippen LogP contribution in [0.5, 0.6) is 0 Å². The molecule has 7 nitrogen and oxygen atoms in total. The zero-order valence-corrected chi connectivity index (χ0v) is 12.8. The number of benzene rings is 2. The predicted molar refractivity (Wildman–Crippen MR) is 87.6 cm³/mol. The van der Waals surface area contributed by atoms with Crippen LogP contribution in [0.2, 0.25) is 0 Å². The summed E-state index contributed by atoms with van der Waals surface area (Å²) in [6, 6.07) is 18.6. The number of aromatic nitrogens is 4.